The zero-order valence-electron chi connectivity index (χ0n) is 11.9. The van der Waals surface area contributed by atoms with Gasteiger partial charge in [-0.3, -0.25) is 4.79 Å². The SMILES string of the molecule is CS(=O)(=O)NC[C@H](Cc1cccc(F)c1)N1CCCC1=O. The van der Waals surface area contributed by atoms with Crippen LogP contribution < -0.4 is 4.72 Å². The summed E-state index contributed by atoms with van der Waals surface area (Å²) in [5.41, 5.74) is 0.745. The molecule has 116 valence electrons. The van der Waals surface area contributed by atoms with E-state index in [0.29, 0.717) is 19.4 Å². The standard InChI is InChI=1S/C14H19FN2O3S/c1-21(19,20)16-10-13(17-7-3-6-14(17)18)9-11-4-2-5-12(15)8-11/h2,4-5,8,13,16H,3,6-7,9-10H2,1H3/t13-/m0/s1. The summed E-state index contributed by atoms with van der Waals surface area (Å²) in [6.07, 6.45) is 2.76. The van der Waals surface area contributed by atoms with Crippen LogP contribution in [0.4, 0.5) is 4.39 Å². The minimum absolute atomic E-state index is 0.0201. The number of amides is 1. The Morgan fingerprint density at radius 2 is 2.19 bits per heavy atom. The smallest absolute Gasteiger partial charge is 0.222 e. The summed E-state index contributed by atoms with van der Waals surface area (Å²) in [6, 6.07) is 5.85. The van der Waals surface area contributed by atoms with Gasteiger partial charge in [0.1, 0.15) is 5.82 Å². The molecule has 1 aromatic carbocycles. The number of hydrogen-bond donors (Lipinski definition) is 1. The molecule has 0 saturated carbocycles. The molecule has 1 aliphatic heterocycles. The molecule has 0 spiro atoms. The van der Waals surface area contributed by atoms with Crippen molar-refractivity contribution in [3.05, 3.63) is 35.6 Å². The summed E-state index contributed by atoms with van der Waals surface area (Å²) in [6.45, 7) is 0.755. The Bertz CT molecular complexity index is 618. The van der Waals surface area contributed by atoms with Crippen LogP contribution in [0.15, 0.2) is 24.3 Å². The molecule has 1 aliphatic rings. The van der Waals surface area contributed by atoms with Crippen molar-refractivity contribution in [2.75, 3.05) is 19.3 Å². The Balaban J connectivity index is 2.13. The number of nitrogens with one attached hydrogen (secondary N) is 1. The summed E-state index contributed by atoms with van der Waals surface area (Å²) in [4.78, 5) is 13.6. The third-order valence-electron chi connectivity index (χ3n) is 3.49. The normalized spacial score (nSPS) is 17.2. The molecule has 0 bridgehead atoms. The van der Waals surface area contributed by atoms with Gasteiger partial charge in [-0.1, -0.05) is 12.1 Å². The number of benzene rings is 1. The average molecular weight is 314 g/mol. The topological polar surface area (TPSA) is 66.5 Å². The molecule has 0 aliphatic carbocycles. The van der Waals surface area contributed by atoms with Crippen molar-refractivity contribution in [1.29, 1.82) is 0 Å². The van der Waals surface area contributed by atoms with Crippen LogP contribution in [0, 0.1) is 5.82 Å². The highest BCUT2D eigenvalue weighted by Crippen LogP contribution is 2.17. The third kappa shape index (κ3) is 4.78. The Morgan fingerprint density at radius 3 is 2.76 bits per heavy atom. The molecule has 2 rings (SSSR count). The fourth-order valence-electron chi connectivity index (χ4n) is 2.53. The summed E-state index contributed by atoms with van der Waals surface area (Å²) >= 11 is 0. The average Bonchev–Trinajstić information content (AvgIpc) is 2.80. The number of halogens is 1. The first-order chi connectivity index (χ1) is 9.85. The van der Waals surface area contributed by atoms with Gasteiger partial charge in [-0.05, 0) is 30.5 Å². The lowest BCUT2D eigenvalue weighted by Gasteiger charge is -2.28. The first-order valence-corrected chi connectivity index (χ1v) is 8.73. The summed E-state index contributed by atoms with van der Waals surface area (Å²) in [5.74, 6) is -0.318. The molecule has 1 saturated heterocycles. The largest absolute Gasteiger partial charge is 0.338 e. The van der Waals surface area contributed by atoms with Gasteiger partial charge in [0.25, 0.3) is 0 Å². The lowest BCUT2D eigenvalue weighted by Crippen LogP contribution is -2.45. The Hall–Kier alpha value is -1.47. The molecule has 1 heterocycles. The zero-order valence-corrected chi connectivity index (χ0v) is 12.7. The Morgan fingerprint density at radius 1 is 1.43 bits per heavy atom. The quantitative estimate of drug-likeness (QED) is 0.849. The second-order valence-electron chi connectivity index (χ2n) is 5.30. The van der Waals surface area contributed by atoms with Gasteiger partial charge >= 0.3 is 0 Å². The van der Waals surface area contributed by atoms with E-state index in [1.807, 2.05) is 0 Å². The molecule has 1 amide bonds. The fraction of sp³-hybridized carbons (Fsp3) is 0.500. The van der Waals surface area contributed by atoms with Crippen LogP contribution >= 0.6 is 0 Å². The van der Waals surface area contributed by atoms with Gasteiger partial charge in [0.05, 0.1) is 6.26 Å². The number of rotatable bonds is 6. The van der Waals surface area contributed by atoms with E-state index in [9.17, 15) is 17.6 Å². The molecule has 1 N–H and O–H groups in total. The van der Waals surface area contributed by atoms with Crippen LogP contribution in [-0.4, -0.2) is 44.6 Å². The van der Waals surface area contributed by atoms with E-state index in [1.54, 1.807) is 17.0 Å². The predicted molar refractivity (Wildman–Crippen MR) is 77.7 cm³/mol. The fourth-order valence-corrected chi connectivity index (χ4v) is 3.03. The van der Waals surface area contributed by atoms with Crippen molar-refractivity contribution in [3.63, 3.8) is 0 Å². The van der Waals surface area contributed by atoms with Gasteiger partial charge in [-0.2, -0.15) is 0 Å². The molecule has 1 aromatic rings. The lowest BCUT2D eigenvalue weighted by atomic mass is 10.0. The van der Waals surface area contributed by atoms with Crippen LogP contribution in [0.5, 0.6) is 0 Å². The van der Waals surface area contributed by atoms with Gasteiger partial charge in [-0.15, -0.1) is 0 Å². The second kappa shape index (κ2) is 6.53. The Kier molecular flexibility index (Phi) is 4.95. The van der Waals surface area contributed by atoms with Crippen molar-refractivity contribution in [1.82, 2.24) is 9.62 Å². The Labute approximate surface area is 124 Å². The molecule has 1 atom stereocenters. The number of carbonyl (C=O) groups excluding carboxylic acids is 1. The monoisotopic (exact) mass is 314 g/mol. The van der Waals surface area contributed by atoms with E-state index in [4.69, 9.17) is 0 Å². The zero-order chi connectivity index (χ0) is 15.5. The van der Waals surface area contributed by atoms with Crippen LogP contribution in [0.2, 0.25) is 0 Å². The van der Waals surface area contributed by atoms with Crippen molar-refractivity contribution in [3.8, 4) is 0 Å². The molecule has 1 fully saturated rings. The van der Waals surface area contributed by atoms with Gasteiger partial charge in [0.2, 0.25) is 15.9 Å². The van der Waals surface area contributed by atoms with E-state index in [2.05, 4.69) is 4.72 Å². The van der Waals surface area contributed by atoms with Crippen molar-refractivity contribution in [2.45, 2.75) is 25.3 Å². The van der Waals surface area contributed by atoms with Gasteiger partial charge in [-0.25, -0.2) is 17.5 Å². The maximum Gasteiger partial charge on any atom is 0.222 e. The summed E-state index contributed by atoms with van der Waals surface area (Å²) in [5, 5.41) is 0. The lowest BCUT2D eigenvalue weighted by molar-refractivity contribution is -0.129. The maximum absolute atomic E-state index is 13.3. The van der Waals surface area contributed by atoms with Gasteiger partial charge in [0.15, 0.2) is 0 Å². The van der Waals surface area contributed by atoms with Gasteiger partial charge in [0, 0.05) is 25.6 Å². The van der Waals surface area contributed by atoms with Crippen LogP contribution in [0.1, 0.15) is 18.4 Å². The molecule has 0 aromatic heterocycles. The summed E-state index contributed by atoms with van der Waals surface area (Å²) < 4.78 is 38.2. The predicted octanol–water partition coefficient (Wildman–Crippen LogP) is 0.908. The number of nitrogens with zero attached hydrogens (tertiary/aromatic N) is 1. The highest BCUT2D eigenvalue weighted by atomic mass is 32.2. The molecule has 0 radical (unpaired) electrons. The van der Waals surface area contributed by atoms with Crippen molar-refractivity contribution >= 4 is 15.9 Å². The first-order valence-electron chi connectivity index (χ1n) is 6.84. The highest BCUT2D eigenvalue weighted by Gasteiger charge is 2.28. The first kappa shape index (κ1) is 15.9. The number of likely N-dealkylation sites (tertiary alicyclic amines) is 1. The number of hydrogen-bond acceptors (Lipinski definition) is 3. The van der Waals surface area contributed by atoms with Crippen LogP contribution in [-0.2, 0) is 21.2 Å². The molecule has 5 nitrogen and oxygen atoms in total. The minimum Gasteiger partial charge on any atom is -0.338 e. The number of sulfonamides is 1. The van der Waals surface area contributed by atoms with Crippen molar-refractivity contribution < 1.29 is 17.6 Å². The number of carbonyl (C=O) groups is 1. The third-order valence-corrected chi connectivity index (χ3v) is 4.18. The highest BCUT2D eigenvalue weighted by molar-refractivity contribution is 7.88. The van der Waals surface area contributed by atoms with E-state index in [0.717, 1.165) is 18.2 Å². The summed E-state index contributed by atoms with van der Waals surface area (Å²) in [7, 11) is -3.33. The molecular weight excluding hydrogens is 295 g/mol. The van der Waals surface area contributed by atoms with E-state index in [1.165, 1.54) is 12.1 Å². The van der Waals surface area contributed by atoms with E-state index >= 15 is 0 Å². The maximum atomic E-state index is 13.3. The molecule has 0 unspecified atom stereocenters. The molecular formula is C14H19FN2O3S. The van der Waals surface area contributed by atoms with Crippen LogP contribution in [0.3, 0.4) is 0 Å². The van der Waals surface area contributed by atoms with Crippen molar-refractivity contribution in [2.24, 2.45) is 0 Å². The second-order valence-corrected chi connectivity index (χ2v) is 7.13. The molecule has 7 heteroatoms. The van der Waals surface area contributed by atoms with Crippen LogP contribution in [0.25, 0.3) is 0 Å². The van der Waals surface area contributed by atoms with E-state index in [-0.39, 0.29) is 24.3 Å². The molecule has 21 heavy (non-hydrogen) atoms. The van der Waals surface area contributed by atoms with E-state index < -0.39 is 10.0 Å². The minimum atomic E-state index is -3.33. The van der Waals surface area contributed by atoms with Gasteiger partial charge < -0.3 is 4.90 Å².